The first kappa shape index (κ1) is 58.0. The Morgan fingerprint density at radius 1 is 0.923 bits per heavy atom. The summed E-state index contributed by atoms with van der Waals surface area (Å²) in [6.07, 6.45) is 7.09. The fourth-order valence-electron chi connectivity index (χ4n) is 9.10. The fraction of sp³-hybridized carbons (Fsp3) is 0.415. The molecule has 5 atom stereocenters. The molecule has 418 valence electrons. The molecule has 3 aromatic carbocycles. The van der Waals surface area contributed by atoms with E-state index in [1.807, 2.05) is 10.9 Å². The van der Waals surface area contributed by atoms with Crippen LogP contribution in [0.2, 0.25) is 0 Å². The van der Waals surface area contributed by atoms with Crippen molar-refractivity contribution in [3.63, 3.8) is 0 Å². The number of hydrogen-bond acceptors (Lipinski definition) is 12. The van der Waals surface area contributed by atoms with E-state index in [1.54, 1.807) is 70.5 Å². The number of nitrogens with zero attached hydrogens (tertiary/aromatic N) is 6. The number of fused-ring (bicyclic) bond motifs is 1. The minimum atomic E-state index is -5.10. The number of benzene rings is 3. The molecule has 4 amide bonds. The van der Waals surface area contributed by atoms with Crippen molar-refractivity contribution in [2.45, 2.75) is 116 Å². The number of nitrogen functional groups attached to an aromatic ring is 1. The number of sulfonamides is 1. The lowest BCUT2D eigenvalue weighted by atomic mass is 9.85. The van der Waals surface area contributed by atoms with Gasteiger partial charge in [0.1, 0.15) is 58.6 Å². The zero-order valence-electron chi connectivity index (χ0n) is 44.0. The second kappa shape index (κ2) is 24.3. The molecular weight excluding hydrogens is 1040 g/mol. The predicted molar refractivity (Wildman–Crippen MR) is 284 cm³/mol. The van der Waals surface area contributed by atoms with Crippen LogP contribution in [0.5, 0.6) is 5.75 Å². The number of carbonyl (C=O) groups is 4. The number of halogens is 5. The lowest BCUT2D eigenvalue weighted by Crippen LogP contribution is -2.59. The average molecular weight is 1110 g/mol. The summed E-state index contributed by atoms with van der Waals surface area (Å²) in [6.45, 7) is 8.96. The number of aromatic nitrogens is 5. The number of para-hydroxylation sites is 1. The van der Waals surface area contributed by atoms with Crippen LogP contribution in [-0.4, -0.2) is 105 Å². The van der Waals surface area contributed by atoms with Gasteiger partial charge in [0.2, 0.25) is 23.6 Å². The number of likely N-dealkylation sites (tertiary alicyclic amines) is 1. The third-order valence-electron chi connectivity index (χ3n) is 13.5. The highest BCUT2D eigenvalue weighted by atomic mass is 32.2. The van der Waals surface area contributed by atoms with Crippen LogP contribution < -0.4 is 36.5 Å². The minimum Gasteiger partial charge on any atom is -0.484 e. The Labute approximate surface area is 447 Å². The maximum Gasteiger partial charge on any atom is 0.355 e. The number of amides is 4. The van der Waals surface area contributed by atoms with Crippen molar-refractivity contribution in [3.05, 3.63) is 102 Å². The van der Waals surface area contributed by atoms with Crippen molar-refractivity contribution >= 4 is 61.7 Å². The van der Waals surface area contributed by atoms with Gasteiger partial charge in [-0.05, 0) is 87.5 Å². The summed E-state index contributed by atoms with van der Waals surface area (Å²) in [7, 11) is -1.80. The fourth-order valence-corrected chi connectivity index (χ4v) is 9.66. The van der Waals surface area contributed by atoms with E-state index in [2.05, 4.69) is 31.3 Å². The molecule has 0 aliphatic carbocycles. The molecule has 0 bridgehead atoms. The van der Waals surface area contributed by atoms with Crippen molar-refractivity contribution in [1.82, 2.24) is 45.4 Å². The second-order valence-corrected chi connectivity index (χ2v) is 21.9. The van der Waals surface area contributed by atoms with E-state index in [1.165, 1.54) is 47.4 Å². The molecule has 0 unspecified atom stereocenters. The summed E-state index contributed by atoms with van der Waals surface area (Å²) in [6, 6.07) is 9.08. The number of carbonyl (C=O) groups excluding carboxylic acids is 4. The summed E-state index contributed by atoms with van der Waals surface area (Å²) in [5.41, 5.74) is 7.90. The van der Waals surface area contributed by atoms with E-state index < -0.39 is 92.3 Å². The maximum atomic E-state index is 14.6. The van der Waals surface area contributed by atoms with Gasteiger partial charge in [-0.25, -0.2) is 26.6 Å². The van der Waals surface area contributed by atoms with Gasteiger partial charge in [0.15, 0.2) is 0 Å². The van der Waals surface area contributed by atoms with Gasteiger partial charge in [0, 0.05) is 61.7 Å². The number of aryl methyl sites for hydroxylation is 2. The molecule has 4 heterocycles. The monoisotopic (exact) mass is 1110 g/mol. The number of nitrogens with one attached hydrogen (secondary N) is 5. The number of hydrogen-bond donors (Lipinski definition) is 6. The Kier molecular flexibility index (Phi) is 18.1. The van der Waals surface area contributed by atoms with Crippen molar-refractivity contribution in [3.8, 4) is 28.1 Å². The topological polar surface area (TPSA) is 250 Å². The number of alkyl halides is 2. The quantitative estimate of drug-likeness (QED) is 0.0287. The molecule has 1 fully saturated rings. The van der Waals surface area contributed by atoms with Crippen LogP contribution in [0.4, 0.5) is 39.1 Å². The molecule has 1 saturated heterocycles. The molecule has 19 nitrogen and oxygen atoms in total. The smallest absolute Gasteiger partial charge is 0.355 e. The highest BCUT2D eigenvalue weighted by Gasteiger charge is 2.46. The number of unbranched alkanes of at least 4 members (excludes halogenated alkanes) is 3. The summed E-state index contributed by atoms with van der Waals surface area (Å²) in [5.74, 6) is -8.41. The van der Waals surface area contributed by atoms with Crippen LogP contribution in [0.3, 0.4) is 0 Å². The van der Waals surface area contributed by atoms with Crippen LogP contribution >= 0.6 is 0 Å². The molecule has 7 N–H and O–H groups in total. The lowest BCUT2D eigenvalue weighted by molar-refractivity contribution is -0.143. The summed E-state index contributed by atoms with van der Waals surface area (Å²) < 4.78 is 106. The summed E-state index contributed by atoms with van der Waals surface area (Å²) in [5, 5.41) is 20.6. The molecule has 0 saturated carbocycles. The van der Waals surface area contributed by atoms with Gasteiger partial charge < -0.3 is 36.6 Å². The van der Waals surface area contributed by atoms with E-state index in [4.69, 9.17) is 15.6 Å². The van der Waals surface area contributed by atoms with Gasteiger partial charge in [-0.1, -0.05) is 57.9 Å². The predicted octanol–water partition coefficient (Wildman–Crippen LogP) is 7.42. The molecule has 7 rings (SSSR count). The van der Waals surface area contributed by atoms with E-state index >= 15 is 0 Å². The van der Waals surface area contributed by atoms with E-state index in [0.29, 0.717) is 64.7 Å². The Bertz CT molecular complexity index is 3260. The molecule has 0 radical (unpaired) electrons. The summed E-state index contributed by atoms with van der Waals surface area (Å²) >= 11 is 0. The van der Waals surface area contributed by atoms with Gasteiger partial charge in [0.05, 0.1) is 28.8 Å². The molecule has 1 aliphatic rings. The first-order valence-corrected chi connectivity index (χ1v) is 26.7. The number of pyridine rings is 1. The van der Waals surface area contributed by atoms with E-state index in [9.17, 15) is 49.5 Å². The van der Waals surface area contributed by atoms with Crippen molar-refractivity contribution in [1.29, 1.82) is 0 Å². The van der Waals surface area contributed by atoms with Crippen molar-refractivity contribution in [2.75, 3.05) is 29.4 Å². The third-order valence-corrected chi connectivity index (χ3v) is 14.4. The van der Waals surface area contributed by atoms with Gasteiger partial charge in [0.25, 0.3) is 10.0 Å². The Morgan fingerprint density at radius 2 is 1.62 bits per heavy atom. The molecule has 6 aromatic rings. The number of nitrogens with two attached hydrogens (primary N) is 1. The lowest BCUT2D eigenvalue weighted by Gasteiger charge is -2.36. The zero-order chi connectivity index (χ0) is 56.8. The van der Waals surface area contributed by atoms with Crippen LogP contribution in [0.1, 0.15) is 84.8 Å². The van der Waals surface area contributed by atoms with Gasteiger partial charge >= 0.3 is 5.76 Å². The first-order chi connectivity index (χ1) is 36.9. The summed E-state index contributed by atoms with van der Waals surface area (Å²) in [4.78, 5) is 60.0. The number of anilines is 3. The molecule has 3 aromatic heterocycles. The zero-order valence-corrected chi connectivity index (χ0v) is 44.9. The molecule has 25 heteroatoms. The highest BCUT2D eigenvalue weighted by Crippen LogP contribution is 2.41. The third kappa shape index (κ3) is 13.5. The number of ether oxygens (including phenoxy) is 1. The Hall–Kier alpha value is -7.67. The molecule has 0 spiro atoms. The minimum absolute atomic E-state index is 0.0473. The first-order valence-electron chi connectivity index (χ1n) is 25.2. The molecule has 1 aliphatic heterocycles. The van der Waals surface area contributed by atoms with Crippen LogP contribution in [0.25, 0.3) is 33.3 Å². The SMILES string of the molecule is CN[C@@H](C)C(=O)N[C@H](C(=O)N1C[C@@H](NC(=O)CCCCCCn2cc(-c3cnc(N)c4c(-c5ccc(NS(=O)(=O)C(F)F)c(O[C@@H](C)c6ccc(F)cc6)c5)nn(C)c34)cn2)C[C@H]1C(=O)Nc1c(F)cccc1F)C(C)(C)C. The van der Waals surface area contributed by atoms with E-state index in [0.717, 1.165) is 24.6 Å². The van der Waals surface area contributed by atoms with Crippen molar-refractivity contribution < 1.29 is 54.3 Å². The Balaban J connectivity index is 0.978. The molecular formula is C53H63F5N12O7S. The largest absolute Gasteiger partial charge is 0.484 e. The Morgan fingerprint density at radius 3 is 2.28 bits per heavy atom. The van der Waals surface area contributed by atoms with Gasteiger partial charge in [-0.3, -0.25) is 33.3 Å². The maximum absolute atomic E-state index is 14.6. The highest BCUT2D eigenvalue weighted by molar-refractivity contribution is 7.93. The number of likely N-dealkylation sites (N-methyl/N-ethyl adjacent to an activating group) is 1. The van der Waals surface area contributed by atoms with E-state index in [-0.39, 0.29) is 42.5 Å². The van der Waals surface area contributed by atoms with Crippen molar-refractivity contribution in [2.24, 2.45) is 12.5 Å². The molecule has 78 heavy (non-hydrogen) atoms. The van der Waals surface area contributed by atoms with Crippen LogP contribution in [-0.2, 0) is 42.8 Å². The van der Waals surface area contributed by atoms with Gasteiger partial charge in [-0.15, -0.1) is 0 Å². The normalized spacial score (nSPS) is 16.0. The second-order valence-electron chi connectivity index (χ2n) is 20.2. The van der Waals surface area contributed by atoms with Crippen LogP contribution in [0.15, 0.2) is 79.3 Å². The standard InChI is InChI=1S/C53H63F5N12O7S/c1-29(60-6)49(72)65-47(53(3,4)5)51(74)70-28-35(24-40(70)50(73)64-45-37(55)13-12-14-38(45)56)63-42(71)15-10-8-9-11-22-69-27-33(25-62-69)36-26-61-48(59)43-44(66-68(7)46(36)43)32-18-21-39(67-78(75,76)52(57)58)41(23-32)77-30(2)31-16-19-34(54)20-17-31/h12-14,16-21,23,25-27,29-30,35,40,47,52,60,67H,8-11,15,22,24,28H2,1-7H3,(H2,59,61)(H,63,71)(H,64,73)(H,65,72)/t29-,30-,35-,40-,47+/m0/s1. The van der Waals surface area contributed by atoms with Gasteiger partial charge in [-0.2, -0.15) is 19.0 Å². The van der Waals surface area contributed by atoms with Crippen LogP contribution in [0, 0.1) is 22.9 Å². The average Bonchev–Trinajstić information content (AvgIpc) is 4.24. The number of rotatable bonds is 22.